The van der Waals surface area contributed by atoms with E-state index in [2.05, 4.69) is 9.30 Å². The standard InChI is InChI=1S/C18H18N2O4S/c1-4-19-10-12(13-7-5-6-8-14(13)19)9-15-16(21)20(18(23)25-15)11(2)17(22)24-3/h5-11H,4H2,1-3H3/b15-9-/t11-/m0/s1. The van der Waals surface area contributed by atoms with E-state index in [0.717, 1.165) is 39.7 Å². The van der Waals surface area contributed by atoms with E-state index in [-0.39, 0.29) is 0 Å². The van der Waals surface area contributed by atoms with Gasteiger partial charge in [-0.05, 0) is 37.8 Å². The van der Waals surface area contributed by atoms with E-state index in [9.17, 15) is 14.4 Å². The molecule has 1 fully saturated rings. The molecule has 0 spiro atoms. The van der Waals surface area contributed by atoms with Gasteiger partial charge in [-0.15, -0.1) is 0 Å². The van der Waals surface area contributed by atoms with Crippen LogP contribution in [0.15, 0.2) is 35.4 Å². The Kier molecular flexibility index (Phi) is 4.67. The molecule has 130 valence electrons. The van der Waals surface area contributed by atoms with Crippen molar-refractivity contribution in [3.63, 3.8) is 0 Å². The minimum Gasteiger partial charge on any atom is -0.467 e. The fourth-order valence-electron chi connectivity index (χ4n) is 2.88. The van der Waals surface area contributed by atoms with Gasteiger partial charge in [0.25, 0.3) is 11.1 Å². The van der Waals surface area contributed by atoms with Gasteiger partial charge in [-0.25, -0.2) is 4.79 Å². The lowest BCUT2D eigenvalue weighted by molar-refractivity contribution is -0.148. The number of methoxy groups -OCH3 is 1. The zero-order valence-electron chi connectivity index (χ0n) is 14.2. The minimum atomic E-state index is -0.944. The van der Waals surface area contributed by atoms with Crippen LogP contribution in [0.2, 0.25) is 0 Å². The highest BCUT2D eigenvalue weighted by atomic mass is 32.2. The maximum absolute atomic E-state index is 12.6. The van der Waals surface area contributed by atoms with Gasteiger partial charge in [0.05, 0.1) is 12.0 Å². The second-order valence-corrected chi connectivity index (χ2v) is 6.63. The van der Waals surface area contributed by atoms with Crippen LogP contribution in [0.1, 0.15) is 19.4 Å². The number of hydrogen-bond acceptors (Lipinski definition) is 5. The normalized spacial score (nSPS) is 17.6. The first kappa shape index (κ1) is 17.3. The Morgan fingerprint density at radius 1 is 1.32 bits per heavy atom. The van der Waals surface area contributed by atoms with Crippen molar-refractivity contribution in [2.75, 3.05) is 7.11 Å². The third kappa shape index (κ3) is 2.95. The number of para-hydroxylation sites is 1. The predicted molar refractivity (Wildman–Crippen MR) is 96.9 cm³/mol. The minimum absolute atomic E-state index is 0.305. The first-order valence-corrected chi connectivity index (χ1v) is 8.72. The van der Waals surface area contributed by atoms with Gasteiger partial charge in [-0.2, -0.15) is 0 Å². The van der Waals surface area contributed by atoms with Crippen LogP contribution in [-0.2, 0) is 20.9 Å². The van der Waals surface area contributed by atoms with E-state index in [4.69, 9.17) is 0 Å². The summed E-state index contributed by atoms with van der Waals surface area (Å²) >= 11 is 0.840. The monoisotopic (exact) mass is 358 g/mol. The third-order valence-electron chi connectivity index (χ3n) is 4.20. The van der Waals surface area contributed by atoms with E-state index in [1.54, 1.807) is 6.08 Å². The molecule has 3 rings (SSSR count). The van der Waals surface area contributed by atoms with Crippen LogP contribution in [0.5, 0.6) is 0 Å². The Morgan fingerprint density at radius 2 is 2.04 bits per heavy atom. The molecule has 1 aromatic heterocycles. The van der Waals surface area contributed by atoms with Crippen molar-refractivity contribution in [1.82, 2.24) is 9.47 Å². The first-order valence-electron chi connectivity index (χ1n) is 7.90. The molecule has 7 heteroatoms. The number of ether oxygens (including phenoxy) is 1. The number of amides is 2. The maximum atomic E-state index is 12.6. The molecule has 0 bridgehead atoms. The summed E-state index contributed by atoms with van der Waals surface area (Å²) in [5, 5.41) is 0.547. The molecule has 1 aromatic carbocycles. The lowest BCUT2D eigenvalue weighted by atomic mass is 10.1. The fourth-order valence-corrected chi connectivity index (χ4v) is 3.78. The molecule has 0 saturated carbocycles. The second-order valence-electron chi connectivity index (χ2n) is 5.64. The van der Waals surface area contributed by atoms with Gasteiger partial charge in [0.2, 0.25) is 0 Å². The number of thioether (sulfide) groups is 1. The Bertz CT molecular complexity index is 900. The van der Waals surface area contributed by atoms with Gasteiger partial charge in [0.15, 0.2) is 0 Å². The summed E-state index contributed by atoms with van der Waals surface area (Å²) in [4.78, 5) is 37.7. The summed E-state index contributed by atoms with van der Waals surface area (Å²) < 4.78 is 6.72. The van der Waals surface area contributed by atoms with E-state index in [1.807, 2.05) is 37.4 Å². The van der Waals surface area contributed by atoms with Crippen molar-refractivity contribution in [3.05, 3.63) is 40.9 Å². The van der Waals surface area contributed by atoms with E-state index >= 15 is 0 Å². The van der Waals surface area contributed by atoms with Crippen LogP contribution >= 0.6 is 11.8 Å². The molecule has 1 aliphatic rings. The third-order valence-corrected chi connectivity index (χ3v) is 5.08. The number of carbonyl (C=O) groups is 3. The summed E-state index contributed by atoms with van der Waals surface area (Å²) in [6.45, 7) is 4.32. The molecular weight excluding hydrogens is 340 g/mol. The van der Waals surface area contributed by atoms with Crippen LogP contribution in [0.25, 0.3) is 17.0 Å². The number of esters is 1. The Morgan fingerprint density at radius 3 is 2.72 bits per heavy atom. The zero-order chi connectivity index (χ0) is 18.1. The van der Waals surface area contributed by atoms with Crippen LogP contribution < -0.4 is 0 Å². The van der Waals surface area contributed by atoms with Crippen molar-refractivity contribution >= 4 is 45.9 Å². The molecule has 2 heterocycles. The number of carbonyl (C=O) groups excluding carboxylic acids is 3. The summed E-state index contributed by atoms with van der Waals surface area (Å²) in [5.41, 5.74) is 1.94. The number of benzene rings is 1. The van der Waals surface area contributed by atoms with Crippen LogP contribution in [0.4, 0.5) is 4.79 Å². The highest BCUT2D eigenvalue weighted by Gasteiger charge is 2.41. The number of aryl methyl sites for hydroxylation is 1. The number of nitrogens with zero attached hydrogens (tertiary/aromatic N) is 2. The quantitative estimate of drug-likeness (QED) is 0.620. The van der Waals surface area contributed by atoms with Crippen molar-refractivity contribution in [2.45, 2.75) is 26.4 Å². The summed E-state index contributed by atoms with van der Waals surface area (Å²) in [6.07, 6.45) is 3.67. The lowest BCUT2D eigenvalue weighted by Gasteiger charge is -2.18. The Balaban J connectivity index is 1.99. The van der Waals surface area contributed by atoms with Crippen molar-refractivity contribution in [3.8, 4) is 0 Å². The molecule has 6 nitrogen and oxygen atoms in total. The van der Waals surface area contributed by atoms with Gasteiger partial charge in [0.1, 0.15) is 6.04 Å². The molecule has 2 aromatic rings. The van der Waals surface area contributed by atoms with Crippen molar-refractivity contribution in [1.29, 1.82) is 0 Å². The zero-order valence-corrected chi connectivity index (χ0v) is 15.0. The van der Waals surface area contributed by atoms with Crippen LogP contribution in [0.3, 0.4) is 0 Å². The van der Waals surface area contributed by atoms with Gasteiger partial charge in [-0.3, -0.25) is 14.5 Å². The smallest absolute Gasteiger partial charge is 0.328 e. The SMILES string of the molecule is CCn1cc(/C=C2\SC(=O)N([C@@H](C)C(=O)OC)C2=O)c2ccccc21. The Hall–Kier alpha value is -2.54. The largest absolute Gasteiger partial charge is 0.467 e. The lowest BCUT2D eigenvalue weighted by Crippen LogP contribution is -2.42. The van der Waals surface area contributed by atoms with Crippen LogP contribution in [-0.4, -0.2) is 39.7 Å². The summed E-state index contributed by atoms with van der Waals surface area (Å²) in [6, 6.07) is 6.95. The highest BCUT2D eigenvalue weighted by molar-refractivity contribution is 8.18. The van der Waals surface area contributed by atoms with Gasteiger partial charge in [-0.1, -0.05) is 18.2 Å². The predicted octanol–water partition coefficient (Wildman–Crippen LogP) is 3.26. The van der Waals surface area contributed by atoms with E-state index in [0.29, 0.717) is 4.91 Å². The molecule has 1 saturated heterocycles. The molecule has 1 aliphatic heterocycles. The fraction of sp³-hybridized carbons (Fsp3) is 0.278. The molecule has 1 atom stereocenters. The topological polar surface area (TPSA) is 68.6 Å². The number of rotatable bonds is 4. The average molecular weight is 358 g/mol. The number of fused-ring (bicyclic) bond motifs is 1. The number of aromatic nitrogens is 1. The van der Waals surface area contributed by atoms with Gasteiger partial charge < -0.3 is 9.30 Å². The molecule has 0 aliphatic carbocycles. The summed E-state index contributed by atoms with van der Waals surface area (Å²) in [5.74, 6) is -1.09. The molecule has 0 radical (unpaired) electrons. The Labute approximate surface area is 149 Å². The summed E-state index contributed by atoms with van der Waals surface area (Å²) in [7, 11) is 1.23. The molecule has 25 heavy (non-hydrogen) atoms. The molecular formula is C18H18N2O4S. The number of hydrogen-bond donors (Lipinski definition) is 0. The number of imide groups is 1. The molecule has 0 unspecified atom stereocenters. The van der Waals surface area contributed by atoms with Crippen LogP contribution in [0, 0.1) is 0 Å². The highest BCUT2D eigenvalue weighted by Crippen LogP contribution is 2.35. The van der Waals surface area contributed by atoms with Crippen molar-refractivity contribution < 1.29 is 19.1 Å². The molecule has 2 amide bonds. The molecule has 0 N–H and O–H groups in total. The van der Waals surface area contributed by atoms with E-state index < -0.39 is 23.2 Å². The van der Waals surface area contributed by atoms with Gasteiger partial charge >= 0.3 is 5.97 Å². The first-order chi connectivity index (χ1) is 12.0. The average Bonchev–Trinajstić information content (AvgIpc) is 3.11. The van der Waals surface area contributed by atoms with Gasteiger partial charge in [0, 0.05) is 29.2 Å². The maximum Gasteiger partial charge on any atom is 0.328 e. The van der Waals surface area contributed by atoms with Crippen molar-refractivity contribution in [2.24, 2.45) is 0 Å². The second kappa shape index (κ2) is 6.76. The van der Waals surface area contributed by atoms with E-state index in [1.165, 1.54) is 14.0 Å².